The Kier molecular flexibility index (Phi) is 4.67. The van der Waals surface area contributed by atoms with Crippen LogP contribution < -0.4 is 5.32 Å². The molecule has 1 atom stereocenters. The van der Waals surface area contributed by atoms with Gasteiger partial charge in [-0.1, -0.05) is 11.3 Å². The van der Waals surface area contributed by atoms with Gasteiger partial charge in [0.2, 0.25) is 5.91 Å². The first-order valence-electron chi connectivity index (χ1n) is 6.88. The number of aromatic nitrogens is 3. The van der Waals surface area contributed by atoms with Crippen molar-refractivity contribution >= 4 is 5.91 Å². The molecule has 0 spiro atoms. The lowest BCUT2D eigenvalue weighted by molar-refractivity contribution is -0.118. The molecule has 0 aliphatic carbocycles. The summed E-state index contributed by atoms with van der Waals surface area (Å²) in [6.45, 7) is 5.89. The largest absolute Gasteiger partial charge is 0.356 e. The Balaban J connectivity index is 2.07. The summed E-state index contributed by atoms with van der Waals surface area (Å²) in [5.41, 5.74) is 2.71. The first-order valence-corrected chi connectivity index (χ1v) is 6.88. The predicted octanol–water partition coefficient (Wildman–Crippen LogP) is 2.01. The van der Waals surface area contributed by atoms with Crippen molar-refractivity contribution in [1.82, 2.24) is 20.3 Å². The Hall–Kier alpha value is -2.24. The molecule has 1 aromatic carbocycles. The number of hydrogen-bond acceptors (Lipinski definition) is 3. The molecule has 1 amide bonds. The smallest absolute Gasteiger partial charge is 0.216 e. The molecule has 0 saturated carbocycles. The molecule has 0 saturated heterocycles. The summed E-state index contributed by atoms with van der Waals surface area (Å²) in [4.78, 5) is 10.8. The van der Waals surface area contributed by atoms with Crippen molar-refractivity contribution in [2.75, 3.05) is 6.54 Å². The molecular weight excluding hydrogens is 271 g/mol. The number of nitrogens with zero attached hydrogens (tertiary/aromatic N) is 3. The van der Waals surface area contributed by atoms with E-state index in [9.17, 15) is 9.18 Å². The molecule has 0 bridgehead atoms. The third-order valence-electron chi connectivity index (χ3n) is 3.39. The van der Waals surface area contributed by atoms with Gasteiger partial charge >= 0.3 is 0 Å². The van der Waals surface area contributed by atoms with E-state index in [-0.39, 0.29) is 17.8 Å². The minimum atomic E-state index is -0.238. The van der Waals surface area contributed by atoms with E-state index in [0.717, 1.165) is 16.8 Å². The van der Waals surface area contributed by atoms with E-state index in [4.69, 9.17) is 0 Å². The van der Waals surface area contributed by atoms with E-state index >= 15 is 0 Å². The summed E-state index contributed by atoms with van der Waals surface area (Å²) in [5.74, 6) is -0.296. The van der Waals surface area contributed by atoms with Crippen molar-refractivity contribution in [3.8, 4) is 0 Å². The Morgan fingerprint density at radius 1 is 1.48 bits per heavy atom. The average Bonchev–Trinajstić information content (AvgIpc) is 2.86. The maximum atomic E-state index is 13.2. The van der Waals surface area contributed by atoms with Crippen LogP contribution in [0.3, 0.4) is 0 Å². The lowest BCUT2D eigenvalue weighted by Crippen LogP contribution is -2.22. The molecule has 6 heteroatoms. The van der Waals surface area contributed by atoms with Gasteiger partial charge in [-0.15, -0.1) is 5.10 Å². The Labute approximate surface area is 123 Å². The van der Waals surface area contributed by atoms with Gasteiger partial charge < -0.3 is 5.32 Å². The second-order valence-corrected chi connectivity index (χ2v) is 5.10. The first-order chi connectivity index (χ1) is 9.97. The molecule has 1 aromatic heterocycles. The lowest BCUT2D eigenvalue weighted by atomic mass is 10.0. The molecule has 0 aliphatic rings. The summed E-state index contributed by atoms with van der Waals surface area (Å²) in [5, 5.41) is 10.9. The fraction of sp³-hybridized carbons (Fsp3) is 0.400. The van der Waals surface area contributed by atoms with Crippen molar-refractivity contribution in [2.24, 2.45) is 0 Å². The summed E-state index contributed by atoms with van der Waals surface area (Å²) in [6, 6.07) is 4.72. The molecule has 1 heterocycles. The van der Waals surface area contributed by atoms with E-state index in [2.05, 4.69) is 15.6 Å². The van der Waals surface area contributed by atoms with Crippen LogP contribution in [-0.2, 0) is 11.2 Å². The topological polar surface area (TPSA) is 59.8 Å². The van der Waals surface area contributed by atoms with Crippen LogP contribution in [0.4, 0.5) is 4.39 Å². The molecule has 0 unspecified atom stereocenters. The second-order valence-electron chi connectivity index (χ2n) is 5.10. The number of rotatable bonds is 5. The van der Waals surface area contributed by atoms with Gasteiger partial charge in [0, 0.05) is 26.1 Å². The van der Waals surface area contributed by atoms with Gasteiger partial charge in [0.15, 0.2) is 0 Å². The molecule has 112 valence electrons. The van der Waals surface area contributed by atoms with Crippen LogP contribution in [0.25, 0.3) is 0 Å². The molecule has 1 N–H and O–H groups in total. The zero-order valence-electron chi connectivity index (χ0n) is 12.4. The SMILES string of the molecule is CC(=O)NCCc1cn([C@@H](C)c2ccc(F)cc2C)nn1. The highest BCUT2D eigenvalue weighted by Gasteiger charge is 2.13. The van der Waals surface area contributed by atoms with Gasteiger partial charge in [-0.2, -0.15) is 0 Å². The molecule has 0 aliphatic heterocycles. The van der Waals surface area contributed by atoms with Gasteiger partial charge in [-0.05, 0) is 37.1 Å². The van der Waals surface area contributed by atoms with Crippen LogP contribution in [0, 0.1) is 12.7 Å². The Morgan fingerprint density at radius 2 is 2.24 bits per heavy atom. The standard InChI is InChI=1S/C15H19FN4O/c1-10-8-13(16)4-5-15(10)11(2)20-9-14(18-19-20)6-7-17-12(3)21/h4-5,8-9,11H,6-7H2,1-3H3,(H,17,21)/t11-/m0/s1. The van der Waals surface area contributed by atoms with Crippen molar-refractivity contribution in [1.29, 1.82) is 0 Å². The van der Waals surface area contributed by atoms with Crippen molar-refractivity contribution < 1.29 is 9.18 Å². The number of nitrogens with one attached hydrogen (secondary N) is 1. The maximum absolute atomic E-state index is 13.2. The maximum Gasteiger partial charge on any atom is 0.216 e. The summed E-state index contributed by atoms with van der Waals surface area (Å²) in [6.07, 6.45) is 2.49. The summed E-state index contributed by atoms with van der Waals surface area (Å²) in [7, 11) is 0. The van der Waals surface area contributed by atoms with Crippen molar-refractivity contribution in [2.45, 2.75) is 33.2 Å². The van der Waals surface area contributed by atoms with E-state index < -0.39 is 0 Å². The zero-order valence-corrected chi connectivity index (χ0v) is 12.4. The van der Waals surface area contributed by atoms with Crippen LogP contribution in [0.1, 0.15) is 36.7 Å². The van der Waals surface area contributed by atoms with E-state index in [1.165, 1.54) is 19.1 Å². The molecule has 0 radical (unpaired) electrons. The van der Waals surface area contributed by atoms with E-state index in [1.807, 2.05) is 20.0 Å². The zero-order chi connectivity index (χ0) is 15.4. The molecule has 5 nitrogen and oxygen atoms in total. The van der Waals surface area contributed by atoms with E-state index in [0.29, 0.717) is 13.0 Å². The molecule has 0 fully saturated rings. The van der Waals surface area contributed by atoms with Crippen LogP contribution >= 0.6 is 0 Å². The van der Waals surface area contributed by atoms with Gasteiger partial charge in [0.25, 0.3) is 0 Å². The lowest BCUT2D eigenvalue weighted by Gasteiger charge is -2.14. The second kappa shape index (κ2) is 6.47. The van der Waals surface area contributed by atoms with Gasteiger partial charge in [0.05, 0.1) is 11.7 Å². The highest BCUT2D eigenvalue weighted by molar-refractivity contribution is 5.72. The number of hydrogen-bond donors (Lipinski definition) is 1. The van der Waals surface area contributed by atoms with Crippen LogP contribution in [-0.4, -0.2) is 27.4 Å². The number of carbonyl (C=O) groups excluding carboxylic acids is 1. The minimum absolute atomic E-state index is 0.0207. The Bertz CT molecular complexity index is 638. The molecule has 2 rings (SSSR count). The van der Waals surface area contributed by atoms with Crippen LogP contribution in [0.15, 0.2) is 24.4 Å². The average molecular weight is 290 g/mol. The van der Waals surface area contributed by atoms with Crippen molar-refractivity contribution in [3.05, 3.63) is 47.0 Å². The summed E-state index contributed by atoms with van der Waals surface area (Å²) >= 11 is 0. The molecule has 2 aromatic rings. The fourth-order valence-electron chi connectivity index (χ4n) is 2.23. The number of carbonyl (C=O) groups is 1. The third-order valence-corrected chi connectivity index (χ3v) is 3.39. The highest BCUT2D eigenvalue weighted by Crippen LogP contribution is 2.21. The quantitative estimate of drug-likeness (QED) is 0.916. The number of benzene rings is 1. The van der Waals surface area contributed by atoms with Crippen LogP contribution in [0.2, 0.25) is 0 Å². The van der Waals surface area contributed by atoms with Gasteiger partial charge in [-0.25, -0.2) is 9.07 Å². The molecular formula is C15H19FN4O. The third kappa shape index (κ3) is 3.87. The minimum Gasteiger partial charge on any atom is -0.356 e. The monoisotopic (exact) mass is 290 g/mol. The predicted molar refractivity (Wildman–Crippen MR) is 77.4 cm³/mol. The normalized spacial score (nSPS) is 12.2. The fourth-order valence-corrected chi connectivity index (χ4v) is 2.23. The summed E-state index contributed by atoms with van der Waals surface area (Å²) < 4.78 is 14.9. The number of halogens is 1. The molecule has 21 heavy (non-hydrogen) atoms. The first kappa shape index (κ1) is 15.2. The van der Waals surface area contributed by atoms with Gasteiger partial charge in [0.1, 0.15) is 5.82 Å². The Morgan fingerprint density at radius 3 is 2.90 bits per heavy atom. The van der Waals surface area contributed by atoms with Crippen molar-refractivity contribution in [3.63, 3.8) is 0 Å². The number of amides is 1. The highest BCUT2D eigenvalue weighted by atomic mass is 19.1. The van der Waals surface area contributed by atoms with E-state index in [1.54, 1.807) is 10.7 Å². The van der Waals surface area contributed by atoms with Gasteiger partial charge in [-0.3, -0.25) is 4.79 Å². The number of aryl methyl sites for hydroxylation is 1. The van der Waals surface area contributed by atoms with Crippen LogP contribution in [0.5, 0.6) is 0 Å².